The predicted octanol–water partition coefficient (Wildman–Crippen LogP) is 4.60. The molecule has 13 heteroatoms. The summed E-state index contributed by atoms with van der Waals surface area (Å²) in [6.45, 7) is 0. The van der Waals surface area contributed by atoms with Gasteiger partial charge in [0.05, 0.1) is 5.69 Å². The minimum absolute atomic E-state index is 0.0917. The summed E-state index contributed by atoms with van der Waals surface area (Å²) in [4.78, 5) is 16.1. The Kier molecular flexibility index (Phi) is 5.58. The summed E-state index contributed by atoms with van der Waals surface area (Å²) < 4.78 is 80.8. The second-order valence-corrected chi connectivity index (χ2v) is 6.71. The molecule has 0 atom stereocenters. The molecule has 0 spiro atoms. The summed E-state index contributed by atoms with van der Waals surface area (Å²) in [6, 6.07) is 10.9. The van der Waals surface area contributed by atoms with Crippen molar-refractivity contribution in [1.29, 1.82) is 5.26 Å². The minimum atomic E-state index is -4.94. The summed E-state index contributed by atoms with van der Waals surface area (Å²) >= 11 is 0. The first-order chi connectivity index (χ1) is 16.1. The summed E-state index contributed by atoms with van der Waals surface area (Å²) in [7, 11) is 0. The van der Waals surface area contributed by atoms with Crippen molar-refractivity contribution in [3.8, 4) is 29.1 Å². The van der Waals surface area contributed by atoms with E-state index in [1.165, 1.54) is 30.5 Å². The number of ether oxygens (including phenoxy) is 3. The first-order valence-corrected chi connectivity index (χ1v) is 9.25. The highest BCUT2D eigenvalue weighted by atomic mass is 19.3. The standard InChI is InChI=1S/C21H11F5N4O4/c22-15-9-13(32-14-5-6-28-12(8-14)10-27)2-3-16(15)29-30-19(31)11-1-4-17-18(7-11)34-21(25,26)20(23,24)33-17/h1-9,29H,(H,30,31). The van der Waals surface area contributed by atoms with Crippen LogP contribution in [0.1, 0.15) is 16.1 Å². The van der Waals surface area contributed by atoms with E-state index in [-0.39, 0.29) is 28.4 Å². The van der Waals surface area contributed by atoms with Gasteiger partial charge >= 0.3 is 12.2 Å². The normalized spacial score (nSPS) is 15.1. The fourth-order valence-corrected chi connectivity index (χ4v) is 2.74. The molecule has 2 heterocycles. The van der Waals surface area contributed by atoms with Crippen molar-refractivity contribution in [3.05, 3.63) is 71.8 Å². The lowest BCUT2D eigenvalue weighted by atomic mass is 10.2. The summed E-state index contributed by atoms with van der Waals surface area (Å²) in [5.74, 6) is -2.84. The van der Waals surface area contributed by atoms with Gasteiger partial charge in [-0.1, -0.05) is 0 Å². The molecule has 2 aromatic carbocycles. The Balaban J connectivity index is 1.42. The molecule has 3 aromatic rings. The minimum Gasteiger partial charge on any atom is -0.457 e. The molecule has 1 aliphatic heterocycles. The third-order valence-electron chi connectivity index (χ3n) is 4.35. The van der Waals surface area contributed by atoms with Crippen LogP contribution in [0.4, 0.5) is 27.6 Å². The maximum Gasteiger partial charge on any atom is 0.507 e. The Labute approximate surface area is 187 Å². The van der Waals surface area contributed by atoms with E-state index in [2.05, 4.69) is 25.3 Å². The lowest BCUT2D eigenvalue weighted by Gasteiger charge is -2.31. The third-order valence-corrected chi connectivity index (χ3v) is 4.35. The highest BCUT2D eigenvalue weighted by molar-refractivity contribution is 5.95. The van der Waals surface area contributed by atoms with E-state index in [4.69, 9.17) is 10.00 Å². The van der Waals surface area contributed by atoms with Crippen molar-refractivity contribution in [2.24, 2.45) is 0 Å². The maximum atomic E-state index is 14.4. The first kappa shape index (κ1) is 22.6. The van der Waals surface area contributed by atoms with Gasteiger partial charge in [0.25, 0.3) is 5.91 Å². The van der Waals surface area contributed by atoms with Gasteiger partial charge in [-0.3, -0.25) is 15.6 Å². The van der Waals surface area contributed by atoms with Gasteiger partial charge in [0, 0.05) is 23.9 Å². The Morgan fingerprint density at radius 2 is 1.68 bits per heavy atom. The number of benzene rings is 2. The van der Waals surface area contributed by atoms with Crippen LogP contribution < -0.4 is 25.1 Å². The Morgan fingerprint density at radius 3 is 2.38 bits per heavy atom. The first-order valence-electron chi connectivity index (χ1n) is 9.25. The van der Waals surface area contributed by atoms with Crippen molar-refractivity contribution in [1.82, 2.24) is 10.4 Å². The molecule has 0 bridgehead atoms. The number of fused-ring (bicyclic) bond motifs is 1. The Morgan fingerprint density at radius 1 is 0.971 bits per heavy atom. The van der Waals surface area contributed by atoms with Crippen LogP contribution in [0.3, 0.4) is 0 Å². The fourth-order valence-electron chi connectivity index (χ4n) is 2.74. The zero-order chi connectivity index (χ0) is 24.5. The number of hydrogen-bond donors (Lipinski definition) is 2. The number of nitrogens with zero attached hydrogens (tertiary/aromatic N) is 2. The highest BCUT2D eigenvalue weighted by Gasteiger charge is 2.65. The van der Waals surface area contributed by atoms with E-state index >= 15 is 0 Å². The number of anilines is 1. The summed E-state index contributed by atoms with van der Waals surface area (Å²) in [6.07, 6.45) is -8.47. The summed E-state index contributed by atoms with van der Waals surface area (Å²) in [5, 5.41) is 8.85. The fraction of sp³-hybridized carbons (Fsp3) is 0.0952. The average molecular weight is 478 g/mol. The van der Waals surface area contributed by atoms with Gasteiger partial charge in [-0.25, -0.2) is 9.37 Å². The molecule has 2 N–H and O–H groups in total. The number of hydrogen-bond acceptors (Lipinski definition) is 7. The van der Waals surface area contributed by atoms with E-state index in [9.17, 15) is 26.7 Å². The van der Waals surface area contributed by atoms with Crippen molar-refractivity contribution in [2.45, 2.75) is 12.2 Å². The number of hydrazine groups is 1. The molecule has 174 valence electrons. The van der Waals surface area contributed by atoms with E-state index in [1.807, 2.05) is 6.07 Å². The quantitative estimate of drug-likeness (QED) is 0.408. The van der Waals surface area contributed by atoms with Gasteiger partial charge in [0.15, 0.2) is 17.3 Å². The predicted molar refractivity (Wildman–Crippen MR) is 104 cm³/mol. The number of halogens is 5. The van der Waals surface area contributed by atoms with Gasteiger partial charge in [0.1, 0.15) is 23.3 Å². The molecule has 1 amide bonds. The molecule has 0 radical (unpaired) electrons. The van der Waals surface area contributed by atoms with Gasteiger partial charge in [-0.2, -0.15) is 22.8 Å². The van der Waals surface area contributed by atoms with E-state index in [0.717, 1.165) is 24.3 Å². The molecule has 1 aromatic heterocycles. The van der Waals surface area contributed by atoms with Crippen LogP contribution in [0.2, 0.25) is 0 Å². The summed E-state index contributed by atoms with van der Waals surface area (Å²) in [5.41, 5.74) is 4.12. The van der Waals surface area contributed by atoms with Crippen molar-refractivity contribution >= 4 is 11.6 Å². The van der Waals surface area contributed by atoms with Gasteiger partial charge in [-0.15, -0.1) is 0 Å². The van der Waals surface area contributed by atoms with Crippen molar-refractivity contribution in [3.63, 3.8) is 0 Å². The van der Waals surface area contributed by atoms with Crippen LogP contribution in [-0.4, -0.2) is 23.1 Å². The largest absolute Gasteiger partial charge is 0.507 e. The highest BCUT2D eigenvalue weighted by Crippen LogP contribution is 2.47. The topological polar surface area (TPSA) is 106 Å². The van der Waals surface area contributed by atoms with E-state index in [0.29, 0.717) is 0 Å². The lowest BCUT2D eigenvalue weighted by Crippen LogP contribution is -2.52. The molecule has 34 heavy (non-hydrogen) atoms. The van der Waals surface area contributed by atoms with Crippen LogP contribution >= 0.6 is 0 Å². The zero-order valence-corrected chi connectivity index (χ0v) is 16.6. The van der Waals surface area contributed by atoms with Crippen LogP contribution in [0.15, 0.2) is 54.7 Å². The Bertz CT molecular complexity index is 1310. The van der Waals surface area contributed by atoms with Gasteiger partial charge in [-0.05, 0) is 36.4 Å². The SMILES string of the molecule is N#Cc1cc(Oc2ccc(NNC(=O)c3ccc4c(c3)OC(F)(F)C(F)(F)O4)c(F)c2)ccn1. The van der Waals surface area contributed by atoms with Crippen molar-refractivity contribution < 1.29 is 41.0 Å². The van der Waals surface area contributed by atoms with Crippen LogP contribution in [0.25, 0.3) is 0 Å². The molecule has 0 saturated heterocycles. The number of pyridine rings is 1. The van der Waals surface area contributed by atoms with Gasteiger partial charge < -0.3 is 14.2 Å². The molecule has 8 nitrogen and oxygen atoms in total. The molecule has 4 rings (SSSR count). The average Bonchev–Trinajstić information content (AvgIpc) is 2.78. The Hall–Kier alpha value is -4.60. The molecule has 1 aliphatic rings. The molecule has 0 saturated carbocycles. The van der Waals surface area contributed by atoms with Crippen molar-refractivity contribution in [2.75, 3.05) is 5.43 Å². The van der Waals surface area contributed by atoms with Crippen LogP contribution in [-0.2, 0) is 0 Å². The number of amides is 1. The van der Waals surface area contributed by atoms with Crippen LogP contribution in [0, 0.1) is 17.1 Å². The number of aromatic nitrogens is 1. The zero-order valence-electron chi connectivity index (χ0n) is 16.6. The number of carbonyl (C=O) groups excluding carboxylic acids is 1. The van der Waals surface area contributed by atoms with E-state index in [1.54, 1.807) is 0 Å². The monoisotopic (exact) mass is 478 g/mol. The molecule has 0 aliphatic carbocycles. The van der Waals surface area contributed by atoms with E-state index < -0.39 is 35.4 Å². The lowest BCUT2D eigenvalue weighted by molar-refractivity contribution is -0.391. The van der Waals surface area contributed by atoms with Gasteiger partial charge in [0.2, 0.25) is 0 Å². The van der Waals surface area contributed by atoms with Crippen LogP contribution in [0.5, 0.6) is 23.0 Å². The number of rotatable bonds is 5. The molecular weight excluding hydrogens is 467 g/mol. The maximum absolute atomic E-state index is 14.4. The second kappa shape index (κ2) is 8.39. The number of nitriles is 1. The molecule has 0 unspecified atom stereocenters. The smallest absolute Gasteiger partial charge is 0.457 e. The number of carbonyl (C=O) groups is 1. The second-order valence-electron chi connectivity index (χ2n) is 6.71. The number of nitrogens with one attached hydrogen (secondary N) is 2. The molecule has 0 fully saturated rings. The molecular formula is C21H11F5N4O4. The number of alkyl halides is 4. The third kappa shape index (κ3) is 4.46.